The Bertz CT molecular complexity index is 760. The fraction of sp³-hybridized carbons (Fsp3) is 0.875. The van der Waals surface area contributed by atoms with E-state index in [0.717, 1.165) is 6.42 Å². The van der Waals surface area contributed by atoms with Crippen LogP contribution < -0.4 is 0 Å². The van der Waals surface area contributed by atoms with Crippen molar-refractivity contribution in [3.05, 3.63) is 0 Å². The smallest absolute Gasteiger partial charge is 0.458 e. The summed E-state index contributed by atoms with van der Waals surface area (Å²) in [6.07, 6.45) is 2.62. The lowest BCUT2D eigenvalue weighted by atomic mass is 9.52. The van der Waals surface area contributed by atoms with Crippen molar-refractivity contribution < 1.29 is 40.8 Å². The highest BCUT2D eigenvalue weighted by atomic mass is 127. The lowest BCUT2D eigenvalue weighted by Gasteiger charge is -2.60. The Hall–Kier alpha value is -0.560. The molecule has 4 aliphatic carbocycles. The molecule has 2 unspecified atom stereocenters. The molecule has 11 heteroatoms. The predicted molar refractivity (Wildman–Crippen MR) is 96.9 cm³/mol. The number of hydrogen-bond donors (Lipinski definition) is 1. The number of carbonyl (C=O) groups is 2. The summed E-state index contributed by atoms with van der Waals surface area (Å²) in [5.74, 6) is -2.66. The van der Waals surface area contributed by atoms with Crippen LogP contribution >= 0.6 is 22.6 Å². The van der Waals surface area contributed by atoms with Crippen molar-refractivity contribution >= 4 is 44.6 Å². The summed E-state index contributed by atoms with van der Waals surface area (Å²) in [5, 5.41) is -5.04. The highest BCUT2D eigenvalue weighted by Gasteiger charge is 2.64. The standard InChI is InChI=1S/C16H21F2IO7S/c1-13(2,19)11(20)25-14-4-9-3-10(5-14)7-15(6-9,8-14)26-12(21)16(17,18)27(22,23)24/h9-10H,3-8H2,1-2H3,(H,22,23,24). The molecule has 4 fully saturated rings. The van der Waals surface area contributed by atoms with Crippen molar-refractivity contribution in [2.45, 2.75) is 72.3 Å². The van der Waals surface area contributed by atoms with E-state index in [0.29, 0.717) is 25.7 Å². The van der Waals surface area contributed by atoms with Gasteiger partial charge in [-0.3, -0.25) is 9.35 Å². The van der Waals surface area contributed by atoms with Gasteiger partial charge in [-0.1, -0.05) is 22.6 Å². The molecule has 4 aliphatic rings. The van der Waals surface area contributed by atoms with Crippen LogP contribution in [-0.4, -0.2) is 44.8 Å². The second-order valence-electron chi connectivity index (χ2n) is 8.57. The molecule has 1 N–H and O–H groups in total. The molecule has 0 aliphatic heterocycles. The van der Waals surface area contributed by atoms with Gasteiger partial charge in [0, 0.05) is 6.42 Å². The van der Waals surface area contributed by atoms with Crippen LogP contribution in [0.5, 0.6) is 0 Å². The van der Waals surface area contributed by atoms with Crippen molar-refractivity contribution in [3.63, 3.8) is 0 Å². The van der Waals surface area contributed by atoms with Crippen LogP contribution in [0.3, 0.4) is 0 Å². The highest BCUT2D eigenvalue weighted by Crippen LogP contribution is 2.60. The van der Waals surface area contributed by atoms with E-state index in [4.69, 9.17) is 14.0 Å². The summed E-state index contributed by atoms with van der Waals surface area (Å²) in [7, 11) is -5.93. The normalized spacial score (nSPS) is 35.8. The van der Waals surface area contributed by atoms with Crippen LogP contribution in [0.2, 0.25) is 0 Å². The maximum absolute atomic E-state index is 13.7. The predicted octanol–water partition coefficient (Wildman–Crippen LogP) is 2.86. The maximum Gasteiger partial charge on any atom is 0.465 e. The van der Waals surface area contributed by atoms with Crippen LogP contribution in [0.15, 0.2) is 0 Å². The number of hydrogen-bond acceptors (Lipinski definition) is 6. The molecule has 0 aromatic heterocycles. The van der Waals surface area contributed by atoms with E-state index in [9.17, 15) is 26.8 Å². The highest BCUT2D eigenvalue weighted by molar-refractivity contribution is 14.1. The Morgan fingerprint density at radius 2 is 1.44 bits per heavy atom. The third-order valence-corrected chi connectivity index (χ3v) is 6.87. The van der Waals surface area contributed by atoms with E-state index >= 15 is 0 Å². The Morgan fingerprint density at radius 3 is 1.81 bits per heavy atom. The van der Waals surface area contributed by atoms with Crippen molar-refractivity contribution in [1.29, 1.82) is 0 Å². The fourth-order valence-corrected chi connectivity index (χ4v) is 5.38. The van der Waals surface area contributed by atoms with Crippen LogP contribution in [0.4, 0.5) is 8.78 Å². The second kappa shape index (κ2) is 6.22. The first-order valence-corrected chi connectivity index (χ1v) is 11.1. The average Bonchev–Trinajstić information content (AvgIpc) is 2.42. The molecule has 0 heterocycles. The van der Waals surface area contributed by atoms with Gasteiger partial charge in [0.25, 0.3) is 0 Å². The molecular formula is C16H21F2IO7S. The first-order valence-electron chi connectivity index (χ1n) is 8.58. The quantitative estimate of drug-likeness (QED) is 0.256. The van der Waals surface area contributed by atoms with Crippen LogP contribution in [0.1, 0.15) is 52.4 Å². The molecule has 7 nitrogen and oxygen atoms in total. The van der Waals surface area contributed by atoms with Gasteiger partial charge in [-0.05, 0) is 57.8 Å². The van der Waals surface area contributed by atoms with Crippen LogP contribution in [-0.2, 0) is 29.2 Å². The number of ether oxygens (including phenoxy) is 2. The number of carbonyl (C=O) groups excluding carboxylic acids is 2. The Labute approximate surface area is 169 Å². The van der Waals surface area contributed by atoms with Gasteiger partial charge < -0.3 is 9.47 Å². The molecule has 4 rings (SSSR count). The van der Waals surface area contributed by atoms with E-state index in [1.54, 1.807) is 13.8 Å². The zero-order valence-electron chi connectivity index (χ0n) is 14.8. The summed E-state index contributed by atoms with van der Waals surface area (Å²) in [4.78, 5) is 24.3. The zero-order chi connectivity index (χ0) is 20.5. The monoisotopic (exact) mass is 522 g/mol. The van der Waals surface area contributed by atoms with Gasteiger partial charge in [-0.15, -0.1) is 0 Å². The Kier molecular flexibility index (Phi) is 4.87. The largest absolute Gasteiger partial charge is 0.465 e. The van der Waals surface area contributed by atoms with Crippen LogP contribution in [0.25, 0.3) is 0 Å². The minimum Gasteiger partial charge on any atom is -0.458 e. The van der Waals surface area contributed by atoms with E-state index in [1.165, 1.54) is 0 Å². The van der Waals surface area contributed by atoms with E-state index in [-0.39, 0.29) is 18.3 Å². The first-order chi connectivity index (χ1) is 12.1. The SMILES string of the molecule is CC(C)(I)C(=O)OC12CC3CC(C1)CC(OC(=O)C(F)(F)S(=O)(=O)O)(C3)C2. The summed E-state index contributed by atoms with van der Waals surface area (Å²) >= 11 is 1.95. The number of halogens is 3. The summed E-state index contributed by atoms with van der Waals surface area (Å²) in [5.41, 5.74) is -2.22. The summed E-state index contributed by atoms with van der Waals surface area (Å²) in [6.45, 7) is 3.39. The molecule has 0 spiro atoms. The molecule has 0 aromatic rings. The number of alkyl halides is 3. The molecule has 0 saturated heterocycles. The third kappa shape index (κ3) is 3.83. The number of rotatable bonds is 5. The molecule has 2 atom stereocenters. The van der Waals surface area contributed by atoms with Gasteiger partial charge >= 0.3 is 27.3 Å². The van der Waals surface area contributed by atoms with E-state index < -0.39 is 41.9 Å². The minimum absolute atomic E-state index is 0.0310. The molecular weight excluding hydrogens is 501 g/mol. The van der Waals surface area contributed by atoms with Gasteiger partial charge in [0.15, 0.2) is 0 Å². The topological polar surface area (TPSA) is 107 Å². The molecule has 4 saturated carbocycles. The first kappa shape index (κ1) is 21.2. The molecule has 154 valence electrons. The Morgan fingerprint density at radius 1 is 1.04 bits per heavy atom. The van der Waals surface area contributed by atoms with Gasteiger partial charge in [0.2, 0.25) is 0 Å². The molecule has 27 heavy (non-hydrogen) atoms. The van der Waals surface area contributed by atoms with Crippen molar-refractivity contribution in [2.24, 2.45) is 11.8 Å². The average molecular weight is 522 g/mol. The lowest BCUT2D eigenvalue weighted by molar-refractivity contribution is -0.238. The van der Waals surface area contributed by atoms with Gasteiger partial charge in [-0.2, -0.15) is 17.2 Å². The van der Waals surface area contributed by atoms with Crippen LogP contribution in [0, 0.1) is 11.8 Å². The third-order valence-electron chi connectivity index (χ3n) is 5.62. The van der Waals surface area contributed by atoms with Gasteiger partial charge in [0.1, 0.15) is 14.6 Å². The molecule has 0 amide bonds. The summed E-state index contributed by atoms with van der Waals surface area (Å²) < 4.78 is 67.7. The van der Waals surface area contributed by atoms with E-state index in [2.05, 4.69) is 0 Å². The number of esters is 2. The van der Waals surface area contributed by atoms with Crippen molar-refractivity contribution in [2.75, 3.05) is 0 Å². The maximum atomic E-state index is 13.7. The van der Waals surface area contributed by atoms with E-state index in [1.807, 2.05) is 22.6 Å². The van der Waals surface area contributed by atoms with Crippen molar-refractivity contribution in [3.8, 4) is 0 Å². The van der Waals surface area contributed by atoms with Crippen molar-refractivity contribution in [1.82, 2.24) is 0 Å². The lowest BCUT2D eigenvalue weighted by Crippen LogP contribution is -2.63. The zero-order valence-corrected chi connectivity index (χ0v) is 17.8. The van der Waals surface area contributed by atoms with Gasteiger partial charge in [-0.25, -0.2) is 4.79 Å². The fourth-order valence-electron chi connectivity index (χ4n) is 5.01. The molecule has 4 bridgehead atoms. The Balaban J connectivity index is 1.85. The minimum atomic E-state index is -5.93. The second-order valence-corrected chi connectivity index (χ2v) is 12.7. The summed E-state index contributed by atoms with van der Waals surface area (Å²) in [6, 6.07) is 0. The molecule has 0 radical (unpaired) electrons. The van der Waals surface area contributed by atoms with Gasteiger partial charge in [0.05, 0.1) is 0 Å². The molecule has 0 aromatic carbocycles.